The predicted molar refractivity (Wildman–Crippen MR) is 41.2 cm³/mol. The van der Waals surface area contributed by atoms with Gasteiger partial charge in [-0.1, -0.05) is 6.92 Å². The summed E-state index contributed by atoms with van der Waals surface area (Å²) in [7, 11) is 0. The predicted octanol–water partition coefficient (Wildman–Crippen LogP) is 1.90. The van der Waals surface area contributed by atoms with E-state index in [4.69, 9.17) is 5.11 Å². The Morgan fingerprint density at radius 2 is 2.36 bits per heavy atom. The van der Waals surface area contributed by atoms with Crippen LogP contribution in [0, 0.1) is 17.3 Å². The summed E-state index contributed by atoms with van der Waals surface area (Å²) in [5.74, 6) is 0.108. The highest BCUT2D eigenvalue weighted by molar-refractivity contribution is 5.71. The normalized spacial score (nSPS) is 48.1. The first-order chi connectivity index (χ1) is 5.12. The van der Waals surface area contributed by atoms with Crippen molar-refractivity contribution in [2.24, 2.45) is 17.3 Å². The number of carboxylic acid groups (broad SMARTS) is 1. The van der Waals surface area contributed by atoms with Crippen LogP contribution in [0.4, 0.5) is 0 Å². The summed E-state index contributed by atoms with van der Waals surface area (Å²) in [5, 5.41) is 8.90. The molecule has 0 amide bonds. The molecule has 0 aromatic carbocycles. The summed E-state index contributed by atoms with van der Waals surface area (Å²) >= 11 is 0. The SMILES string of the molecule is CC12CCC(CC1C(=O)O)C2. The number of carbonyl (C=O) groups is 1. The van der Waals surface area contributed by atoms with Crippen LogP contribution in [0.25, 0.3) is 0 Å². The fourth-order valence-electron chi connectivity index (χ4n) is 2.93. The summed E-state index contributed by atoms with van der Waals surface area (Å²) < 4.78 is 0. The van der Waals surface area contributed by atoms with E-state index in [0.717, 1.165) is 25.2 Å². The molecule has 2 fully saturated rings. The Balaban J connectivity index is 2.21. The Labute approximate surface area is 66.6 Å². The van der Waals surface area contributed by atoms with Crippen molar-refractivity contribution in [2.75, 3.05) is 0 Å². The van der Waals surface area contributed by atoms with E-state index in [0.29, 0.717) is 0 Å². The van der Waals surface area contributed by atoms with Crippen LogP contribution in [0.15, 0.2) is 0 Å². The molecular weight excluding hydrogens is 140 g/mol. The van der Waals surface area contributed by atoms with Crippen LogP contribution in [-0.4, -0.2) is 11.1 Å². The molecule has 2 saturated carbocycles. The molecule has 0 saturated heterocycles. The lowest BCUT2D eigenvalue weighted by Gasteiger charge is -2.27. The molecule has 3 unspecified atom stereocenters. The number of carboxylic acids is 1. The van der Waals surface area contributed by atoms with Gasteiger partial charge in [-0.25, -0.2) is 0 Å². The van der Waals surface area contributed by atoms with Crippen molar-refractivity contribution >= 4 is 5.97 Å². The molecule has 0 radical (unpaired) electrons. The minimum Gasteiger partial charge on any atom is -0.481 e. The Bertz CT molecular complexity index is 200. The Kier molecular flexibility index (Phi) is 1.29. The fraction of sp³-hybridized carbons (Fsp3) is 0.889. The molecule has 0 aliphatic heterocycles. The van der Waals surface area contributed by atoms with E-state index in [1.165, 1.54) is 6.42 Å². The van der Waals surface area contributed by atoms with Crippen molar-refractivity contribution < 1.29 is 9.90 Å². The first-order valence-electron chi connectivity index (χ1n) is 4.35. The molecule has 2 bridgehead atoms. The lowest BCUT2D eigenvalue weighted by Crippen LogP contribution is -2.28. The van der Waals surface area contributed by atoms with Crippen LogP contribution in [0.5, 0.6) is 0 Å². The molecule has 2 aliphatic carbocycles. The van der Waals surface area contributed by atoms with Gasteiger partial charge in [0.15, 0.2) is 0 Å². The van der Waals surface area contributed by atoms with Gasteiger partial charge in [0.2, 0.25) is 0 Å². The smallest absolute Gasteiger partial charge is 0.307 e. The van der Waals surface area contributed by atoms with Crippen molar-refractivity contribution in [2.45, 2.75) is 32.6 Å². The lowest BCUT2D eigenvalue weighted by atomic mass is 9.77. The van der Waals surface area contributed by atoms with E-state index in [9.17, 15) is 4.79 Å². The van der Waals surface area contributed by atoms with Crippen LogP contribution in [0.2, 0.25) is 0 Å². The van der Waals surface area contributed by atoms with Gasteiger partial charge >= 0.3 is 5.97 Å². The van der Waals surface area contributed by atoms with Gasteiger partial charge in [0, 0.05) is 0 Å². The highest BCUT2D eigenvalue weighted by atomic mass is 16.4. The van der Waals surface area contributed by atoms with Crippen LogP contribution in [0.3, 0.4) is 0 Å². The van der Waals surface area contributed by atoms with E-state index in [1.54, 1.807) is 0 Å². The van der Waals surface area contributed by atoms with E-state index < -0.39 is 5.97 Å². The molecule has 0 spiro atoms. The topological polar surface area (TPSA) is 37.3 Å². The first kappa shape index (κ1) is 7.14. The zero-order chi connectivity index (χ0) is 8.06. The minimum atomic E-state index is -0.574. The molecule has 62 valence electrons. The van der Waals surface area contributed by atoms with Gasteiger partial charge in [0.1, 0.15) is 0 Å². The third-order valence-electron chi connectivity index (χ3n) is 3.59. The number of hydrogen-bond acceptors (Lipinski definition) is 1. The van der Waals surface area contributed by atoms with Crippen molar-refractivity contribution in [3.8, 4) is 0 Å². The molecule has 2 heteroatoms. The fourth-order valence-corrected chi connectivity index (χ4v) is 2.93. The van der Waals surface area contributed by atoms with Crippen LogP contribution in [0.1, 0.15) is 32.6 Å². The quantitative estimate of drug-likeness (QED) is 0.626. The second kappa shape index (κ2) is 1.99. The van der Waals surface area contributed by atoms with Gasteiger partial charge in [-0.15, -0.1) is 0 Å². The molecule has 0 aromatic rings. The monoisotopic (exact) mass is 154 g/mol. The molecule has 11 heavy (non-hydrogen) atoms. The number of fused-ring (bicyclic) bond motifs is 2. The number of hydrogen-bond donors (Lipinski definition) is 1. The third kappa shape index (κ3) is 0.883. The Morgan fingerprint density at radius 1 is 1.64 bits per heavy atom. The first-order valence-corrected chi connectivity index (χ1v) is 4.35. The second-order valence-corrected chi connectivity index (χ2v) is 4.39. The highest BCUT2D eigenvalue weighted by Crippen LogP contribution is 2.57. The minimum absolute atomic E-state index is 0.0405. The Morgan fingerprint density at radius 3 is 2.64 bits per heavy atom. The zero-order valence-corrected chi connectivity index (χ0v) is 6.84. The van der Waals surface area contributed by atoms with E-state index in [2.05, 4.69) is 6.92 Å². The number of rotatable bonds is 1. The average Bonchev–Trinajstić information content (AvgIpc) is 2.41. The summed E-state index contributed by atoms with van der Waals surface area (Å²) in [4.78, 5) is 10.8. The van der Waals surface area contributed by atoms with Gasteiger partial charge in [0.25, 0.3) is 0 Å². The van der Waals surface area contributed by atoms with Crippen molar-refractivity contribution in [3.63, 3.8) is 0 Å². The lowest BCUT2D eigenvalue weighted by molar-refractivity contribution is -0.145. The van der Waals surface area contributed by atoms with Crippen LogP contribution >= 0.6 is 0 Å². The second-order valence-electron chi connectivity index (χ2n) is 4.39. The standard InChI is InChI=1S/C9H14O2/c1-9-3-2-6(5-9)4-7(9)8(10)11/h6-7H,2-5H2,1H3,(H,10,11). The van der Waals surface area contributed by atoms with Crippen molar-refractivity contribution in [1.29, 1.82) is 0 Å². The van der Waals surface area contributed by atoms with Gasteiger partial charge in [0.05, 0.1) is 5.92 Å². The zero-order valence-electron chi connectivity index (χ0n) is 6.84. The van der Waals surface area contributed by atoms with E-state index in [1.807, 2.05) is 0 Å². The summed E-state index contributed by atoms with van der Waals surface area (Å²) in [5.41, 5.74) is 0.149. The maximum absolute atomic E-state index is 10.8. The third-order valence-corrected chi connectivity index (χ3v) is 3.59. The van der Waals surface area contributed by atoms with Crippen molar-refractivity contribution in [1.82, 2.24) is 0 Å². The largest absolute Gasteiger partial charge is 0.481 e. The van der Waals surface area contributed by atoms with Gasteiger partial charge in [-0.05, 0) is 37.0 Å². The number of aliphatic carboxylic acids is 1. The Hall–Kier alpha value is -0.530. The maximum atomic E-state index is 10.8. The van der Waals surface area contributed by atoms with Gasteiger partial charge in [-0.2, -0.15) is 0 Å². The molecule has 2 aliphatic rings. The van der Waals surface area contributed by atoms with Crippen molar-refractivity contribution in [3.05, 3.63) is 0 Å². The van der Waals surface area contributed by atoms with E-state index in [-0.39, 0.29) is 11.3 Å². The van der Waals surface area contributed by atoms with Crippen LogP contribution < -0.4 is 0 Å². The van der Waals surface area contributed by atoms with Crippen LogP contribution in [-0.2, 0) is 4.79 Å². The molecular formula is C9H14O2. The molecule has 0 aromatic heterocycles. The van der Waals surface area contributed by atoms with Gasteiger partial charge in [-0.3, -0.25) is 4.79 Å². The molecule has 2 rings (SSSR count). The molecule has 1 N–H and O–H groups in total. The summed E-state index contributed by atoms with van der Waals surface area (Å²) in [6.45, 7) is 2.14. The van der Waals surface area contributed by atoms with Gasteiger partial charge < -0.3 is 5.11 Å². The average molecular weight is 154 g/mol. The highest BCUT2D eigenvalue weighted by Gasteiger charge is 2.51. The maximum Gasteiger partial charge on any atom is 0.307 e. The molecule has 3 atom stereocenters. The molecule has 0 heterocycles. The summed E-state index contributed by atoms with van der Waals surface area (Å²) in [6, 6.07) is 0. The summed E-state index contributed by atoms with van der Waals surface area (Å²) in [6.07, 6.45) is 4.49. The van der Waals surface area contributed by atoms with E-state index >= 15 is 0 Å². The molecule has 2 nitrogen and oxygen atoms in total.